The fraction of sp³-hybridized carbons (Fsp3) is 0.462. The molecule has 5 nitrogen and oxygen atoms in total. The fourth-order valence-corrected chi connectivity index (χ4v) is 2.49. The highest BCUT2D eigenvalue weighted by Gasteiger charge is 2.16. The van der Waals surface area contributed by atoms with Gasteiger partial charge >= 0.3 is 0 Å². The Bertz CT molecular complexity index is 557. The number of pyridine rings is 1. The molecule has 0 radical (unpaired) electrons. The van der Waals surface area contributed by atoms with Crippen molar-refractivity contribution in [3.63, 3.8) is 0 Å². The smallest absolute Gasteiger partial charge is 0.161 e. The zero-order chi connectivity index (χ0) is 12.4. The van der Waals surface area contributed by atoms with E-state index < -0.39 is 0 Å². The zero-order valence-electron chi connectivity index (χ0n) is 10.2. The summed E-state index contributed by atoms with van der Waals surface area (Å²) in [6.45, 7) is 1.09. The van der Waals surface area contributed by atoms with E-state index in [4.69, 9.17) is 0 Å². The van der Waals surface area contributed by atoms with E-state index in [0.29, 0.717) is 11.6 Å². The van der Waals surface area contributed by atoms with Crippen molar-refractivity contribution >= 4 is 11.9 Å². The Labute approximate surface area is 105 Å². The van der Waals surface area contributed by atoms with Crippen molar-refractivity contribution in [1.29, 1.82) is 0 Å². The molecule has 0 aliphatic carbocycles. The van der Waals surface area contributed by atoms with Crippen LogP contribution in [0.15, 0.2) is 18.3 Å². The summed E-state index contributed by atoms with van der Waals surface area (Å²) in [7, 11) is 0. The van der Waals surface area contributed by atoms with Crippen molar-refractivity contribution in [3.8, 4) is 0 Å². The number of hydrogen-bond donors (Lipinski definition) is 1. The number of rotatable bonds is 3. The number of fused-ring (bicyclic) bond motifs is 1. The molecule has 0 bridgehead atoms. The number of aldehydes is 1. The lowest BCUT2D eigenvalue weighted by Crippen LogP contribution is -2.36. The second-order valence-corrected chi connectivity index (χ2v) is 4.77. The molecule has 18 heavy (non-hydrogen) atoms. The summed E-state index contributed by atoms with van der Waals surface area (Å²) in [5, 5.41) is 11.8. The van der Waals surface area contributed by atoms with Gasteiger partial charge in [-0.15, -0.1) is 10.2 Å². The molecule has 3 heterocycles. The van der Waals surface area contributed by atoms with Gasteiger partial charge in [-0.05, 0) is 31.5 Å². The predicted molar refractivity (Wildman–Crippen MR) is 67.7 cm³/mol. The summed E-state index contributed by atoms with van der Waals surface area (Å²) < 4.78 is 1.96. The monoisotopic (exact) mass is 244 g/mol. The summed E-state index contributed by atoms with van der Waals surface area (Å²) in [5.74, 6) is 0.960. The average Bonchev–Trinajstić information content (AvgIpc) is 2.82. The van der Waals surface area contributed by atoms with Gasteiger partial charge in [0.2, 0.25) is 0 Å². The second kappa shape index (κ2) is 4.86. The second-order valence-electron chi connectivity index (χ2n) is 4.77. The van der Waals surface area contributed by atoms with Crippen LogP contribution in [0.4, 0.5) is 0 Å². The number of carbonyl (C=O) groups excluding carboxylic acids is 1. The molecule has 1 unspecified atom stereocenters. The van der Waals surface area contributed by atoms with E-state index >= 15 is 0 Å². The summed E-state index contributed by atoms with van der Waals surface area (Å²) in [6, 6.07) is 4.05. The third-order valence-corrected chi connectivity index (χ3v) is 3.48. The molecule has 1 atom stereocenters. The van der Waals surface area contributed by atoms with Crippen LogP contribution in [0.1, 0.15) is 35.4 Å². The van der Waals surface area contributed by atoms with Gasteiger partial charge in [-0.3, -0.25) is 9.20 Å². The molecule has 1 fully saturated rings. The van der Waals surface area contributed by atoms with Crippen LogP contribution >= 0.6 is 0 Å². The molecule has 1 N–H and O–H groups in total. The Morgan fingerprint density at radius 1 is 1.44 bits per heavy atom. The highest BCUT2D eigenvalue weighted by molar-refractivity contribution is 5.76. The fourth-order valence-electron chi connectivity index (χ4n) is 2.49. The Balaban J connectivity index is 1.85. The first-order chi connectivity index (χ1) is 8.86. The maximum atomic E-state index is 10.7. The number of aromatic nitrogens is 3. The van der Waals surface area contributed by atoms with Crippen LogP contribution in [0.5, 0.6) is 0 Å². The van der Waals surface area contributed by atoms with E-state index in [2.05, 4.69) is 15.5 Å². The van der Waals surface area contributed by atoms with Gasteiger partial charge in [0.05, 0.1) is 0 Å². The van der Waals surface area contributed by atoms with Crippen LogP contribution in [0.3, 0.4) is 0 Å². The zero-order valence-corrected chi connectivity index (χ0v) is 10.2. The van der Waals surface area contributed by atoms with Crippen LogP contribution < -0.4 is 5.32 Å². The van der Waals surface area contributed by atoms with E-state index in [1.54, 1.807) is 12.1 Å². The van der Waals surface area contributed by atoms with E-state index in [-0.39, 0.29) is 0 Å². The van der Waals surface area contributed by atoms with Gasteiger partial charge in [0, 0.05) is 24.2 Å². The molecule has 94 valence electrons. The van der Waals surface area contributed by atoms with E-state index in [0.717, 1.165) is 30.7 Å². The molecule has 5 heteroatoms. The van der Waals surface area contributed by atoms with Crippen LogP contribution in [0.25, 0.3) is 5.65 Å². The number of nitrogens with one attached hydrogen (secondary N) is 1. The molecule has 1 aliphatic rings. The third kappa shape index (κ3) is 2.13. The highest BCUT2D eigenvalue weighted by Crippen LogP contribution is 2.13. The van der Waals surface area contributed by atoms with E-state index in [9.17, 15) is 4.79 Å². The number of nitrogens with zero attached hydrogens (tertiary/aromatic N) is 3. The molecule has 3 rings (SSSR count). The first-order valence-corrected chi connectivity index (χ1v) is 6.39. The topological polar surface area (TPSA) is 59.3 Å². The molecule has 2 aromatic rings. The molecule has 0 spiro atoms. The summed E-state index contributed by atoms with van der Waals surface area (Å²) in [6.07, 6.45) is 7.33. The van der Waals surface area contributed by atoms with E-state index in [1.165, 1.54) is 19.3 Å². The van der Waals surface area contributed by atoms with Crippen LogP contribution in [0, 0.1) is 0 Å². The first kappa shape index (κ1) is 11.3. The highest BCUT2D eigenvalue weighted by atomic mass is 16.1. The summed E-state index contributed by atoms with van der Waals surface area (Å²) in [5.41, 5.74) is 1.38. The van der Waals surface area contributed by atoms with Gasteiger partial charge in [0.1, 0.15) is 12.1 Å². The standard InChI is InChI=1S/C13H16N4O/c18-9-10-4-6-17-12(7-10)15-16-13(17)8-11-3-1-2-5-14-11/h4,6-7,9,11,14H,1-3,5,8H2. The largest absolute Gasteiger partial charge is 0.314 e. The molecule has 1 aliphatic heterocycles. The minimum atomic E-state index is 0.497. The first-order valence-electron chi connectivity index (χ1n) is 6.39. The van der Waals surface area contributed by atoms with Gasteiger partial charge in [0.25, 0.3) is 0 Å². The molecular weight excluding hydrogens is 228 g/mol. The maximum Gasteiger partial charge on any atom is 0.161 e. The normalized spacial score (nSPS) is 20.1. The van der Waals surface area contributed by atoms with Crippen molar-refractivity contribution < 1.29 is 4.79 Å². The van der Waals surface area contributed by atoms with Gasteiger partial charge in [-0.1, -0.05) is 6.42 Å². The predicted octanol–water partition coefficient (Wildman–Crippen LogP) is 1.23. The lowest BCUT2D eigenvalue weighted by molar-refractivity contribution is 0.112. The molecular formula is C13H16N4O. The van der Waals surface area contributed by atoms with Gasteiger partial charge in [0.15, 0.2) is 5.65 Å². The molecule has 0 amide bonds. The minimum Gasteiger partial charge on any atom is -0.314 e. The van der Waals surface area contributed by atoms with Gasteiger partial charge in [-0.25, -0.2) is 0 Å². The van der Waals surface area contributed by atoms with Gasteiger partial charge < -0.3 is 5.32 Å². The molecule has 2 aromatic heterocycles. The SMILES string of the molecule is O=Cc1ccn2c(CC3CCCCN3)nnc2c1. The third-order valence-electron chi connectivity index (χ3n) is 3.48. The number of piperidine rings is 1. The Hall–Kier alpha value is -1.75. The van der Waals surface area contributed by atoms with Crippen molar-refractivity contribution in [2.75, 3.05) is 6.54 Å². The Kier molecular flexibility index (Phi) is 3.06. The Morgan fingerprint density at radius 3 is 3.17 bits per heavy atom. The number of hydrogen-bond acceptors (Lipinski definition) is 4. The quantitative estimate of drug-likeness (QED) is 0.825. The summed E-state index contributed by atoms with van der Waals surface area (Å²) in [4.78, 5) is 10.7. The van der Waals surface area contributed by atoms with Crippen LogP contribution in [-0.4, -0.2) is 33.5 Å². The van der Waals surface area contributed by atoms with Crippen molar-refractivity contribution in [2.24, 2.45) is 0 Å². The van der Waals surface area contributed by atoms with E-state index in [1.807, 2.05) is 10.6 Å². The van der Waals surface area contributed by atoms with Gasteiger partial charge in [-0.2, -0.15) is 0 Å². The number of carbonyl (C=O) groups is 1. The molecule has 1 saturated heterocycles. The average molecular weight is 244 g/mol. The van der Waals surface area contributed by atoms with Crippen molar-refractivity contribution in [1.82, 2.24) is 19.9 Å². The molecule has 0 saturated carbocycles. The Morgan fingerprint density at radius 2 is 2.39 bits per heavy atom. The van der Waals surface area contributed by atoms with Crippen LogP contribution in [-0.2, 0) is 6.42 Å². The lowest BCUT2D eigenvalue weighted by atomic mass is 10.0. The van der Waals surface area contributed by atoms with Crippen molar-refractivity contribution in [3.05, 3.63) is 29.7 Å². The van der Waals surface area contributed by atoms with Crippen LogP contribution in [0.2, 0.25) is 0 Å². The lowest BCUT2D eigenvalue weighted by Gasteiger charge is -2.22. The minimum absolute atomic E-state index is 0.497. The van der Waals surface area contributed by atoms with Crippen molar-refractivity contribution in [2.45, 2.75) is 31.7 Å². The summed E-state index contributed by atoms with van der Waals surface area (Å²) >= 11 is 0. The molecule has 0 aromatic carbocycles. The maximum absolute atomic E-state index is 10.7.